The van der Waals surface area contributed by atoms with Gasteiger partial charge in [0.1, 0.15) is 0 Å². The topological polar surface area (TPSA) is 29.1 Å². The second-order valence-electron chi connectivity index (χ2n) is 7.59. The van der Waals surface area contributed by atoms with Gasteiger partial charge in [-0.3, -0.25) is 4.79 Å². The van der Waals surface area contributed by atoms with E-state index in [2.05, 4.69) is 60.8 Å². The first-order valence-electron chi connectivity index (χ1n) is 9.39. The molecule has 0 saturated heterocycles. The van der Waals surface area contributed by atoms with E-state index in [1.807, 2.05) is 12.1 Å². The van der Waals surface area contributed by atoms with Gasteiger partial charge >= 0.3 is 0 Å². The van der Waals surface area contributed by atoms with Gasteiger partial charge < -0.3 is 5.32 Å². The normalized spacial score (nSPS) is 24.8. The molecule has 27 heavy (non-hydrogen) atoms. The fourth-order valence-corrected chi connectivity index (χ4v) is 5.23. The van der Waals surface area contributed by atoms with Gasteiger partial charge in [-0.25, -0.2) is 0 Å². The lowest BCUT2D eigenvalue weighted by atomic mass is 9.54. The van der Waals surface area contributed by atoms with Crippen LogP contribution in [-0.4, -0.2) is 5.91 Å². The summed E-state index contributed by atoms with van der Waals surface area (Å²) in [6.45, 7) is 2.22. The minimum Gasteiger partial charge on any atom is -0.326 e. The lowest BCUT2D eigenvalue weighted by molar-refractivity contribution is -0.122. The lowest BCUT2D eigenvalue weighted by Crippen LogP contribution is -2.44. The zero-order chi connectivity index (χ0) is 18.5. The molecule has 0 radical (unpaired) electrons. The van der Waals surface area contributed by atoms with Crippen LogP contribution < -0.4 is 5.32 Å². The monoisotopic (exact) mass is 373 g/mol. The van der Waals surface area contributed by atoms with Crippen LogP contribution in [0, 0.1) is 11.8 Å². The summed E-state index contributed by atoms with van der Waals surface area (Å²) >= 11 is 5.97. The molecule has 3 aliphatic carbocycles. The van der Waals surface area contributed by atoms with E-state index < -0.39 is 0 Å². The maximum atomic E-state index is 13.3. The van der Waals surface area contributed by atoms with Gasteiger partial charge in [0.25, 0.3) is 0 Å². The van der Waals surface area contributed by atoms with Crippen molar-refractivity contribution in [2.75, 3.05) is 5.32 Å². The standard InChI is InChI=1S/C24H20ClNO/c1-14-21-17-6-2-4-8-19(17)23(20-9-5-3-7-18(20)21)22(14)24(27)26-16-12-10-15(25)11-13-16/h2-14,21-23H,1H3,(H,26,27)/t14-,21?,22-,23?/m0/s1. The van der Waals surface area contributed by atoms with E-state index in [0.717, 1.165) is 5.69 Å². The van der Waals surface area contributed by atoms with E-state index >= 15 is 0 Å². The van der Waals surface area contributed by atoms with Gasteiger partial charge in [0.15, 0.2) is 0 Å². The smallest absolute Gasteiger partial charge is 0.228 e. The minimum absolute atomic E-state index is 0.0869. The highest BCUT2D eigenvalue weighted by molar-refractivity contribution is 6.30. The summed E-state index contributed by atoms with van der Waals surface area (Å²) in [4.78, 5) is 13.3. The number of anilines is 1. The zero-order valence-corrected chi connectivity index (χ0v) is 15.8. The number of halogens is 1. The van der Waals surface area contributed by atoms with Crippen LogP contribution in [0.4, 0.5) is 5.69 Å². The summed E-state index contributed by atoms with van der Waals surface area (Å²) in [6.07, 6.45) is 0. The zero-order valence-electron chi connectivity index (χ0n) is 15.0. The Morgan fingerprint density at radius 3 is 1.78 bits per heavy atom. The second kappa shape index (κ2) is 6.24. The van der Waals surface area contributed by atoms with E-state index in [-0.39, 0.29) is 29.6 Å². The first-order valence-corrected chi connectivity index (χ1v) is 9.77. The van der Waals surface area contributed by atoms with Crippen molar-refractivity contribution in [2.45, 2.75) is 18.8 Å². The summed E-state index contributed by atoms with van der Waals surface area (Å²) < 4.78 is 0. The van der Waals surface area contributed by atoms with Crippen LogP contribution in [0.15, 0.2) is 72.8 Å². The highest BCUT2D eigenvalue weighted by Crippen LogP contribution is 2.58. The van der Waals surface area contributed by atoms with E-state index in [0.29, 0.717) is 5.02 Å². The number of carbonyl (C=O) groups is 1. The SMILES string of the molecule is C[C@H]1C2c3ccccc3C(c3ccccc32)[C@H]1C(=O)Nc1ccc(Cl)cc1. The van der Waals surface area contributed by atoms with E-state index in [9.17, 15) is 4.79 Å². The molecule has 0 aromatic heterocycles. The van der Waals surface area contributed by atoms with Gasteiger partial charge in [-0.05, 0) is 52.4 Å². The van der Waals surface area contributed by atoms with Crippen molar-refractivity contribution in [3.05, 3.63) is 100 Å². The maximum Gasteiger partial charge on any atom is 0.228 e. The molecule has 0 unspecified atom stereocenters. The molecule has 3 aliphatic rings. The third kappa shape index (κ3) is 2.51. The number of benzene rings is 3. The Balaban J connectivity index is 1.58. The third-order valence-corrected chi connectivity index (χ3v) is 6.45. The summed E-state index contributed by atoms with van der Waals surface area (Å²) in [7, 11) is 0. The van der Waals surface area contributed by atoms with E-state index in [1.165, 1.54) is 22.3 Å². The molecule has 2 atom stereocenters. The Labute approximate surface area is 164 Å². The van der Waals surface area contributed by atoms with Crippen molar-refractivity contribution in [1.29, 1.82) is 0 Å². The predicted molar refractivity (Wildman–Crippen MR) is 109 cm³/mol. The number of fused-ring (bicyclic) bond motifs is 1. The molecular formula is C24H20ClNO. The van der Waals surface area contributed by atoms with Crippen LogP contribution >= 0.6 is 11.6 Å². The molecule has 3 heteroatoms. The molecule has 134 valence electrons. The van der Waals surface area contributed by atoms with Crippen molar-refractivity contribution in [3.8, 4) is 0 Å². The average molecular weight is 374 g/mol. The third-order valence-electron chi connectivity index (χ3n) is 6.20. The van der Waals surface area contributed by atoms with E-state index in [4.69, 9.17) is 11.6 Å². The van der Waals surface area contributed by atoms with Crippen molar-refractivity contribution in [1.82, 2.24) is 0 Å². The molecule has 0 heterocycles. The molecule has 3 aromatic carbocycles. The maximum absolute atomic E-state index is 13.3. The first kappa shape index (κ1) is 16.6. The van der Waals surface area contributed by atoms with Gasteiger partial charge in [-0.2, -0.15) is 0 Å². The summed E-state index contributed by atoms with van der Waals surface area (Å²) in [6, 6.07) is 24.5. The number of hydrogen-bond donors (Lipinski definition) is 1. The van der Waals surface area contributed by atoms with Crippen LogP contribution in [0.2, 0.25) is 5.02 Å². The Morgan fingerprint density at radius 1 is 0.778 bits per heavy atom. The number of rotatable bonds is 2. The molecule has 2 nitrogen and oxygen atoms in total. The van der Waals surface area contributed by atoms with Gasteiger partial charge in [0, 0.05) is 22.5 Å². The molecule has 1 amide bonds. The van der Waals surface area contributed by atoms with Crippen LogP contribution in [0.1, 0.15) is 41.0 Å². The summed E-state index contributed by atoms with van der Waals surface area (Å²) in [5.41, 5.74) is 6.15. The molecule has 0 aliphatic heterocycles. The fourth-order valence-electron chi connectivity index (χ4n) is 5.10. The quantitative estimate of drug-likeness (QED) is 0.602. The highest BCUT2D eigenvalue weighted by atomic mass is 35.5. The Bertz CT molecular complexity index is 979. The summed E-state index contributed by atoms with van der Waals surface area (Å²) in [5.74, 6) is 0.611. The van der Waals surface area contributed by atoms with Gasteiger partial charge in [0.2, 0.25) is 5.91 Å². The number of hydrogen-bond acceptors (Lipinski definition) is 1. The molecule has 3 aromatic rings. The number of amides is 1. The molecule has 1 N–H and O–H groups in total. The van der Waals surface area contributed by atoms with Gasteiger partial charge in [-0.1, -0.05) is 67.1 Å². The highest BCUT2D eigenvalue weighted by Gasteiger charge is 2.50. The molecule has 0 saturated carbocycles. The second-order valence-corrected chi connectivity index (χ2v) is 8.03. The Hall–Kier alpha value is -2.58. The predicted octanol–water partition coefficient (Wildman–Crippen LogP) is 5.82. The first-order chi connectivity index (χ1) is 13.1. The minimum atomic E-state index is -0.0875. The van der Waals surface area contributed by atoms with Crippen LogP contribution in [0.5, 0.6) is 0 Å². The van der Waals surface area contributed by atoms with Crippen molar-refractivity contribution in [2.24, 2.45) is 11.8 Å². The number of carbonyl (C=O) groups excluding carboxylic acids is 1. The summed E-state index contributed by atoms with van der Waals surface area (Å²) in [5, 5.41) is 3.79. The molecule has 0 spiro atoms. The number of nitrogens with one attached hydrogen (secondary N) is 1. The fraction of sp³-hybridized carbons (Fsp3) is 0.208. The van der Waals surface area contributed by atoms with Crippen LogP contribution in [0.25, 0.3) is 0 Å². The Kier molecular flexibility index (Phi) is 3.84. The molecular weight excluding hydrogens is 354 g/mol. The van der Waals surface area contributed by atoms with Crippen molar-refractivity contribution < 1.29 is 4.79 Å². The lowest BCUT2D eigenvalue weighted by Gasteiger charge is -2.49. The Morgan fingerprint density at radius 2 is 1.26 bits per heavy atom. The molecule has 0 fully saturated rings. The molecule has 6 rings (SSSR count). The van der Waals surface area contributed by atoms with Crippen molar-refractivity contribution in [3.63, 3.8) is 0 Å². The van der Waals surface area contributed by atoms with Gasteiger partial charge in [0.05, 0.1) is 5.92 Å². The van der Waals surface area contributed by atoms with Gasteiger partial charge in [-0.15, -0.1) is 0 Å². The van der Waals surface area contributed by atoms with Crippen LogP contribution in [0.3, 0.4) is 0 Å². The largest absolute Gasteiger partial charge is 0.326 e. The molecule has 2 bridgehead atoms. The van der Waals surface area contributed by atoms with Crippen molar-refractivity contribution >= 4 is 23.2 Å². The van der Waals surface area contributed by atoms with Crippen LogP contribution in [-0.2, 0) is 4.79 Å². The average Bonchev–Trinajstić information content (AvgIpc) is 2.69. The van der Waals surface area contributed by atoms with E-state index in [1.54, 1.807) is 12.1 Å².